The molecule has 0 radical (unpaired) electrons. The third-order valence-electron chi connectivity index (χ3n) is 2.42. The van der Waals surface area contributed by atoms with E-state index in [0.717, 1.165) is 11.1 Å². The minimum absolute atomic E-state index is 0. The average Bonchev–Trinajstić information content (AvgIpc) is 2.81. The van der Waals surface area contributed by atoms with Crippen LogP contribution in [0.2, 0.25) is 0 Å². The number of aromatic nitrogens is 1. The van der Waals surface area contributed by atoms with Crippen LogP contribution >= 0.6 is 12.4 Å². The second-order valence-corrected chi connectivity index (χ2v) is 3.68. The average molecular weight is 279 g/mol. The van der Waals surface area contributed by atoms with Crippen molar-refractivity contribution in [3.63, 3.8) is 0 Å². The van der Waals surface area contributed by atoms with E-state index in [2.05, 4.69) is 11.1 Å². The van der Waals surface area contributed by atoms with Crippen LogP contribution in [0, 0.1) is 12.3 Å². The highest BCUT2D eigenvalue weighted by atomic mass is 35.5. The Bertz CT molecular complexity index is 546. The zero-order chi connectivity index (χ0) is 12.8. The fourth-order valence-electron chi connectivity index (χ4n) is 1.64. The topological polar surface area (TPSA) is 61.3 Å². The molecule has 0 saturated carbocycles. The molecule has 19 heavy (non-hydrogen) atoms. The van der Waals surface area contributed by atoms with Crippen LogP contribution in [0.25, 0.3) is 11.3 Å². The summed E-state index contributed by atoms with van der Waals surface area (Å²) in [5.41, 5.74) is 7.11. The molecule has 0 amide bonds. The monoisotopic (exact) mass is 278 g/mol. The summed E-state index contributed by atoms with van der Waals surface area (Å²) >= 11 is 0. The fourth-order valence-corrected chi connectivity index (χ4v) is 1.64. The molecule has 0 saturated heterocycles. The van der Waals surface area contributed by atoms with Gasteiger partial charge in [-0.3, -0.25) is 0 Å². The molecule has 5 heteroatoms. The molecule has 2 rings (SSSR count). The Morgan fingerprint density at radius 1 is 1.32 bits per heavy atom. The van der Waals surface area contributed by atoms with Crippen molar-refractivity contribution in [1.29, 1.82) is 0 Å². The lowest BCUT2D eigenvalue weighted by Crippen LogP contribution is -2.11. The summed E-state index contributed by atoms with van der Waals surface area (Å²) in [7, 11) is 0. The van der Waals surface area contributed by atoms with Gasteiger partial charge in [0.15, 0.2) is 5.76 Å². The predicted octanol–water partition coefficient (Wildman–Crippen LogP) is 2.28. The van der Waals surface area contributed by atoms with Crippen molar-refractivity contribution >= 4 is 12.4 Å². The zero-order valence-corrected chi connectivity index (χ0v) is 11.2. The van der Waals surface area contributed by atoms with Crippen LogP contribution in [0.5, 0.6) is 5.88 Å². The molecule has 2 N–H and O–H groups in total. The van der Waals surface area contributed by atoms with Gasteiger partial charge in [-0.1, -0.05) is 30.3 Å². The molecule has 0 aliphatic carbocycles. The molecule has 1 aromatic heterocycles. The summed E-state index contributed by atoms with van der Waals surface area (Å²) in [6, 6.07) is 9.67. The number of ether oxygens (including phenoxy) is 1. The molecule has 0 fully saturated rings. The molecule has 100 valence electrons. The van der Waals surface area contributed by atoms with Crippen molar-refractivity contribution < 1.29 is 9.26 Å². The molecule has 0 unspecified atom stereocenters. The fraction of sp³-hybridized carbons (Fsp3) is 0.214. The van der Waals surface area contributed by atoms with E-state index in [-0.39, 0.29) is 12.4 Å². The first-order chi connectivity index (χ1) is 8.86. The van der Waals surface area contributed by atoms with Gasteiger partial charge in [-0.25, -0.2) is 0 Å². The van der Waals surface area contributed by atoms with Crippen molar-refractivity contribution in [2.24, 2.45) is 5.73 Å². The van der Waals surface area contributed by atoms with Gasteiger partial charge in [0.05, 0.1) is 5.56 Å². The van der Waals surface area contributed by atoms with Gasteiger partial charge < -0.3 is 15.0 Å². The van der Waals surface area contributed by atoms with E-state index in [9.17, 15) is 0 Å². The van der Waals surface area contributed by atoms with Crippen LogP contribution in [0.1, 0.15) is 5.56 Å². The lowest BCUT2D eigenvalue weighted by atomic mass is 10.1. The van der Waals surface area contributed by atoms with E-state index < -0.39 is 0 Å². The lowest BCUT2D eigenvalue weighted by Gasteiger charge is -2.02. The first-order valence-corrected chi connectivity index (χ1v) is 5.67. The van der Waals surface area contributed by atoms with Crippen molar-refractivity contribution in [1.82, 2.24) is 5.16 Å². The van der Waals surface area contributed by atoms with Crippen LogP contribution in [-0.2, 0) is 6.42 Å². The standard InChI is InChI=1S/C14H14N2O2.ClH/c1-2-6-12-13(11-7-4-3-5-8-11)18-16-14(12)17-10-9-15;/h1,3-5,7-8H,6,9-10,15H2;1H. The Balaban J connectivity index is 0.00000180. The number of hydrogen-bond acceptors (Lipinski definition) is 4. The summed E-state index contributed by atoms with van der Waals surface area (Å²) in [5, 5.41) is 3.90. The van der Waals surface area contributed by atoms with Crippen LogP contribution in [0.4, 0.5) is 0 Å². The maximum absolute atomic E-state index is 5.42. The molecular weight excluding hydrogens is 264 g/mol. The summed E-state index contributed by atoms with van der Waals surface area (Å²) in [5.74, 6) is 3.67. The molecular formula is C14H15ClN2O2. The Labute approximate surface area is 118 Å². The number of halogens is 1. The lowest BCUT2D eigenvalue weighted by molar-refractivity contribution is 0.287. The Morgan fingerprint density at radius 3 is 2.68 bits per heavy atom. The first kappa shape index (κ1) is 15.1. The quantitative estimate of drug-likeness (QED) is 0.853. The number of nitrogens with zero attached hydrogens (tertiary/aromatic N) is 1. The summed E-state index contributed by atoms with van der Waals surface area (Å²) < 4.78 is 10.7. The Morgan fingerprint density at radius 2 is 2.05 bits per heavy atom. The number of terminal acetylenes is 1. The predicted molar refractivity (Wildman–Crippen MR) is 76.3 cm³/mol. The molecule has 0 spiro atoms. The van der Waals surface area contributed by atoms with E-state index >= 15 is 0 Å². The van der Waals surface area contributed by atoms with Gasteiger partial charge in [0, 0.05) is 18.5 Å². The first-order valence-electron chi connectivity index (χ1n) is 5.67. The van der Waals surface area contributed by atoms with Gasteiger partial charge >= 0.3 is 0 Å². The number of hydrogen-bond donors (Lipinski definition) is 1. The van der Waals surface area contributed by atoms with Crippen molar-refractivity contribution in [3.05, 3.63) is 35.9 Å². The largest absolute Gasteiger partial charge is 0.474 e. The van der Waals surface area contributed by atoms with Crippen LogP contribution in [0.15, 0.2) is 34.9 Å². The Hall–Kier alpha value is -1.96. The highest BCUT2D eigenvalue weighted by Crippen LogP contribution is 2.30. The van der Waals surface area contributed by atoms with Gasteiger partial charge in [-0.2, -0.15) is 0 Å². The minimum atomic E-state index is 0. The SMILES string of the molecule is C#CCc1c(OCCN)noc1-c1ccccc1.Cl. The molecule has 0 bridgehead atoms. The molecule has 4 nitrogen and oxygen atoms in total. The number of benzene rings is 1. The third kappa shape index (κ3) is 3.50. The second kappa shape index (κ2) is 7.47. The van der Waals surface area contributed by atoms with Gasteiger partial charge in [0.25, 0.3) is 5.88 Å². The van der Waals surface area contributed by atoms with E-state index in [4.69, 9.17) is 21.4 Å². The Kier molecular flexibility index (Phi) is 5.94. The molecule has 0 aliphatic heterocycles. The van der Waals surface area contributed by atoms with Crippen LogP contribution in [0.3, 0.4) is 0 Å². The highest BCUT2D eigenvalue weighted by molar-refractivity contribution is 5.85. The normalized spacial score (nSPS) is 9.47. The number of nitrogens with two attached hydrogens (primary N) is 1. The number of rotatable bonds is 5. The highest BCUT2D eigenvalue weighted by Gasteiger charge is 2.17. The molecule has 0 aliphatic rings. The van der Waals surface area contributed by atoms with Crippen LogP contribution < -0.4 is 10.5 Å². The maximum Gasteiger partial charge on any atom is 0.259 e. The molecule has 2 aromatic rings. The van der Waals surface area contributed by atoms with E-state index in [1.807, 2.05) is 30.3 Å². The van der Waals surface area contributed by atoms with E-state index in [1.165, 1.54) is 0 Å². The summed E-state index contributed by atoms with van der Waals surface area (Å²) in [6.45, 7) is 0.807. The second-order valence-electron chi connectivity index (χ2n) is 3.68. The van der Waals surface area contributed by atoms with Gasteiger partial charge in [-0.05, 0) is 5.16 Å². The molecule has 0 atom stereocenters. The molecule has 1 heterocycles. The van der Waals surface area contributed by atoms with E-state index in [0.29, 0.717) is 31.2 Å². The van der Waals surface area contributed by atoms with Crippen LogP contribution in [-0.4, -0.2) is 18.3 Å². The van der Waals surface area contributed by atoms with Gasteiger partial charge in [0.1, 0.15) is 6.61 Å². The maximum atomic E-state index is 5.42. The third-order valence-corrected chi connectivity index (χ3v) is 2.42. The smallest absolute Gasteiger partial charge is 0.259 e. The summed E-state index contributed by atoms with van der Waals surface area (Å²) in [4.78, 5) is 0. The molecule has 1 aromatic carbocycles. The van der Waals surface area contributed by atoms with Crippen molar-refractivity contribution in [3.8, 4) is 29.5 Å². The summed E-state index contributed by atoms with van der Waals surface area (Å²) in [6.07, 6.45) is 5.77. The minimum Gasteiger partial charge on any atom is -0.474 e. The zero-order valence-electron chi connectivity index (χ0n) is 10.3. The van der Waals surface area contributed by atoms with Gasteiger partial charge in [-0.15, -0.1) is 24.8 Å². The van der Waals surface area contributed by atoms with Crippen molar-refractivity contribution in [2.75, 3.05) is 13.2 Å². The van der Waals surface area contributed by atoms with E-state index in [1.54, 1.807) is 0 Å². The van der Waals surface area contributed by atoms with Crippen molar-refractivity contribution in [2.45, 2.75) is 6.42 Å². The van der Waals surface area contributed by atoms with Gasteiger partial charge in [0.2, 0.25) is 0 Å².